The molecular weight excluding hydrogens is 553 g/mol. The van der Waals surface area contributed by atoms with Crippen LogP contribution in [0.1, 0.15) is 147 Å². The van der Waals surface area contributed by atoms with Crippen LogP contribution in [0.3, 0.4) is 0 Å². The molecule has 46 heavy (non-hydrogen) atoms. The van der Waals surface area contributed by atoms with E-state index in [0.717, 1.165) is 35.5 Å². The summed E-state index contributed by atoms with van der Waals surface area (Å²) in [5.41, 5.74) is 9.00. The monoisotopic (exact) mass is 623 g/mol. The van der Waals surface area contributed by atoms with Crippen LogP contribution >= 0.6 is 0 Å². The lowest BCUT2D eigenvalue weighted by Crippen LogP contribution is -2.45. The molecule has 6 fully saturated rings. The van der Waals surface area contributed by atoms with Crippen molar-refractivity contribution in [3.63, 3.8) is 0 Å². The lowest BCUT2D eigenvalue weighted by atomic mass is 9.52. The van der Waals surface area contributed by atoms with Gasteiger partial charge < -0.3 is 0 Å². The fraction of sp³-hybridized carbons (Fsp3) is 0.826. The highest BCUT2D eigenvalue weighted by Gasteiger charge is 2.68. The molecule has 8 aliphatic carbocycles. The van der Waals surface area contributed by atoms with Crippen LogP contribution in [0.15, 0.2) is 46.6 Å². The number of hydrogen-bond donors (Lipinski definition) is 0. The van der Waals surface area contributed by atoms with Crippen molar-refractivity contribution >= 4 is 0 Å². The van der Waals surface area contributed by atoms with Crippen LogP contribution in [0.4, 0.5) is 0 Å². The zero-order valence-electron chi connectivity index (χ0n) is 32.2. The molecule has 0 N–H and O–H groups in total. The molecule has 0 aromatic heterocycles. The first-order chi connectivity index (χ1) is 21.3. The maximum atomic E-state index is 2.99. The minimum Gasteiger partial charge on any atom is -0.0764 e. The molecule has 0 bridgehead atoms. The predicted molar refractivity (Wildman–Crippen MR) is 196 cm³/mol. The molecule has 8 aliphatic rings. The first-order valence-corrected chi connectivity index (χ1v) is 20.2. The average Bonchev–Trinajstić information content (AvgIpc) is 3.63. The number of rotatable bonds is 1. The largest absolute Gasteiger partial charge is 0.0764 e. The zero-order valence-corrected chi connectivity index (χ0v) is 32.2. The Morgan fingerprint density at radius 3 is 1.35 bits per heavy atom. The maximum Gasteiger partial charge on any atom is -0.00921 e. The van der Waals surface area contributed by atoms with Crippen LogP contribution in [0.5, 0.6) is 0 Å². The van der Waals surface area contributed by atoms with Gasteiger partial charge >= 0.3 is 0 Å². The Kier molecular flexibility index (Phi) is 6.86. The molecule has 6 saturated carbocycles. The third-order valence-corrected chi connectivity index (χ3v) is 17.4. The second-order valence-corrected chi connectivity index (χ2v) is 22.4. The van der Waals surface area contributed by atoms with E-state index in [9.17, 15) is 0 Å². The Bertz CT molecular complexity index is 1340. The van der Waals surface area contributed by atoms with Gasteiger partial charge in [-0.05, 0) is 165 Å². The molecule has 8 rings (SSSR count). The van der Waals surface area contributed by atoms with Crippen molar-refractivity contribution in [2.75, 3.05) is 0 Å². The summed E-state index contributed by atoms with van der Waals surface area (Å²) in [5.74, 6) is 8.13. The summed E-state index contributed by atoms with van der Waals surface area (Å²) < 4.78 is 0. The van der Waals surface area contributed by atoms with E-state index in [1.807, 2.05) is 0 Å². The zero-order chi connectivity index (χ0) is 33.0. The molecule has 0 saturated heterocycles. The standard InChI is InChI=1S/C46H70/c1-41(2,3)27-21-31-28-15-13-14-16-34(28)46(12,35(31)22-27)40-32-25-38-36(42(4,5)17-19-44(38,8)9)23-29(32)30-24-37-39(26-33(30)40)45(10,11)20-18-43(37,6)7/h23-35,40H,13-22H2,1-12H3/t27?,28-,29?,30?,31?,32?,33?,34?,35?,40?,46?/m1/s1. The molecule has 0 aliphatic heterocycles. The third kappa shape index (κ3) is 4.34. The van der Waals surface area contributed by atoms with Crippen molar-refractivity contribution in [1.29, 1.82) is 0 Å². The van der Waals surface area contributed by atoms with Gasteiger partial charge in [-0.25, -0.2) is 0 Å². The van der Waals surface area contributed by atoms with Crippen LogP contribution < -0.4 is 0 Å². The average molecular weight is 623 g/mol. The minimum atomic E-state index is 0.288. The quantitative estimate of drug-likeness (QED) is 0.273. The third-order valence-electron chi connectivity index (χ3n) is 17.4. The molecular formula is C46H70. The van der Waals surface area contributed by atoms with Crippen LogP contribution in [0.2, 0.25) is 0 Å². The fourth-order valence-electron chi connectivity index (χ4n) is 14.4. The van der Waals surface area contributed by atoms with E-state index in [2.05, 4.69) is 107 Å². The normalized spacial score (nSPS) is 47.6. The molecule has 0 spiro atoms. The minimum absolute atomic E-state index is 0.288. The Balaban J connectivity index is 1.33. The van der Waals surface area contributed by atoms with E-state index in [-0.39, 0.29) is 21.7 Å². The molecule has 0 heteroatoms. The van der Waals surface area contributed by atoms with Crippen LogP contribution in [-0.2, 0) is 0 Å². The molecule has 0 radical (unpaired) electrons. The highest BCUT2D eigenvalue weighted by Crippen LogP contribution is 2.75. The molecule has 9 unspecified atom stereocenters. The highest BCUT2D eigenvalue weighted by molar-refractivity contribution is 5.51. The Morgan fingerprint density at radius 1 is 0.500 bits per heavy atom. The van der Waals surface area contributed by atoms with Gasteiger partial charge in [0.2, 0.25) is 0 Å². The van der Waals surface area contributed by atoms with Gasteiger partial charge in [0.15, 0.2) is 0 Å². The van der Waals surface area contributed by atoms with E-state index >= 15 is 0 Å². The Hall–Kier alpha value is -1.04. The summed E-state index contributed by atoms with van der Waals surface area (Å²) in [6.07, 6.45) is 26.2. The van der Waals surface area contributed by atoms with E-state index in [1.165, 1.54) is 64.2 Å². The van der Waals surface area contributed by atoms with Crippen LogP contribution in [0.25, 0.3) is 0 Å². The Morgan fingerprint density at radius 2 is 0.913 bits per heavy atom. The van der Waals surface area contributed by atoms with Gasteiger partial charge in [0.25, 0.3) is 0 Å². The number of hydrogen-bond acceptors (Lipinski definition) is 0. The molecule has 0 aromatic carbocycles. The summed E-state index contributed by atoms with van der Waals surface area (Å²) in [7, 11) is 0. The smallest absolute Gasteiger partial charge is 0.00921 e. The maximum absolute atomic E-state index is 2.99. The van der Waals surface area contributed by atoms with Crippen LogP contribution in [-0.4, -0.2) is 0 Å². The van der Waals surface area contributed by atoms with E-state index in [4.69, 9.17) is 0 Å². The molecule has 0 aromatic rings. The van der Waals surface area contributed by atoms with Crippen LogP contribution in [0, 0.1) is 91.7 Å². The van der Waals surface area contributed by atoms with Crippen molar-refractivity contribution < 1.29 is 0 Å². The molecule has 0 heterocycles. The Labute approximate surface area is 284 Å². The van der Waals surface area contributed by atoms with Gasteiger partial charge in [-0.1, -0.05) is 120 Å². The van der Waals surface area contributed by atoms with Gasteiger partial charge in [-0.3, -0.25) is 0 Å². The van der Waals surface area contributed by atoms with Crippen molar-refractivity contribution in [2.45, 2.75) is 147 Å². The topological polar surface area (TPSA) is 0 Å². The first-order valence-electron chi connectivity index (χ1n) is 20.2. The van der Waals surface area contributed by atoms with Gasteiger partial charge in [0.1, 0.15) is 0 Å². The van der Waals surface area contributed by atoms with Crippen molar-refractivity contribution in [3.05, 3.63) is 46.6 Å². The number of fused-ring (bicyclic) bond motifs is 8. The fourth-order valence-corrected chi connectivity index (χ4v) is 14.4. The van der Waals surface area contributed by atoms with E-state index in [1.54, 1.807) is 22.3 Å². The van der Waals surface area contributed by atoms with Gasteiger partial charge in [0.05, 0.1) is 0 Å². The van der Waals surface area contributed by atoms with Gasteiger partial charge in [0, 0.05) is 0 Å². The summed E-state index contributed by atoms with van der Waals surface area (Å²) in [5, 5.41) is 0. The predicted octanol–water partition coefficient (Wildman–Crippen LogP) is 13.0. The highest BCUT2D eigenvalue weighted by atomic mass is 14.7. The second kappa shape index (κ2) is 9.81. The molecule has 254 valence electrons. The van der Waals surface area contributed by atoms with Gasteiger partial charge in [-0.15, -0.1) is 0 Å². The van der Waals surface area contributed by atoms with Crippen molar-refractivity contribution in [3.8, 4) is 0 Å². The van der Waals surface area contributed by atoms with Crippen molar-refractivity contribution in [2.24, 2.45) is 91.7 Å². The second-order valence-electron chi connectivity index (χ2n) is 22.4. The summed E-state index contributed by atoms with van der Waals surface area (Å²) in [6.45, 7) is 31.2. The first kappa shape index (κ1) is 32.2. The molecule has 10 atom stereocenters. The summed E-state index contributed by atoms with van der Waals surface area (Å²) in [4.78, 5) is 0. The lowest BCUT2D eigenvalue weighted by Gasteiger charge is -2.52. The molecule has 0 nitrogen and oxygen atoms in total. The summed E-state index contributed by atoms with van der Waals surface area (Å²) in [6, 6.07) is 0. The lowest BCUT2D eigenvalue weighted by molar-refractivity contribution is 0.00187. The summed E-state index contributed by atoms with van der Waals surface area (Å²) >= 11 is 0. The van der Waals surface area contributed by atoms with Gasteiger partial charge in [-0.2, -0.15) is 0 Å². The number of allylic oxidation sites excluding steroid dienone is 8. The SMILES string of the molecule is CC1(C)CCC(C)(C)C2=CC3C(C=C21)C1C=C2C(=CC1C3C1(C)C3CC(C(C)(C)C)CC3[C@H]3CCCCC31)C(C)(C)CCC2(C)C. The van der Waals surface area contributed by atoms with E-state index < -0.39 is 0 Å². The van der Waals surface area contributed by atoms with Crippen molar-refractivity contribution in [1.82, 2.24) is 0 Å². The molecule has 0 amide bonds. The van der Waals surface area contributed by atoms with E-state index in [0.29, 0.717) is 34.5 Å².